The molecular formula is C19H21Br3N4O. The number of hydrazone groups is 1. The Bertz CT molecular complexity index is 782. The number of anilines is 2. The Morgan fingerprint density at radius 3 is 2.22 bits per heavy atom. The fraction of sp³-hybridized carbons (Fsp3) is 0.263. The summed E-state index contributed by atoms with van der Waals surface area (Å²) in [5, 5.41) is 7.10. The van der Waals surface area contributed by atoms with Crippen LogP contribution in [0.4, 0.5) is 11.4 Å². The van der Waals surface area contributed by atoms with Gasteiger partial charge in [0.05, 0.1) is 18.4 Å². The van der Waals surface area contributed by atoms with Crippen molar-refractivity contribution in [1.82, 2.24) is 5.43 Å². The second-order valence-electron chi connectivity index (χ2n) is 5.65. The van der Waals surface area contributed by atoms with Gasteiger partial charge in [-0.05, 0) is 75.5 Å². The van der Waals surface area contributed by atoms with Crippen molar-refractivity contribution in [3.8, 4) is 0 Å². The maximum Gasteiger partial charge on any atom is 0.259 e. The van der Waals surface area contributed by atoms with Crippen molar-refractivity contribution >= 4 is 71.3 Å². The van der Waals surface area contributed by atoms with Crippen molar-refractivity contribution < 1.29 is 4.79 Å². The van der Waals surface area contributed by atoms with E-state index in [0.717, 1.165) is 37.8 Å². The van der Waals surface area contributed by atoms with Crippen molar-refractivity contribution in [1.29, 1.82) is 0 Å². The summed E-state index contributed by atoms with van der Waals surface area (Å²) in [4.78, 5) is 14.3. The van der Waals surface area contributed by atoms with Crippen LogP contribution in [0.3, 0.4) is 0 Å². The van der Waals surface area contributed by atoms with Gasteiger partial charge < -0.3 is 10.2 Å². The van der Waals surface area contributed by atoms with E-state index < -0.39 is 0 Å². The number of rotatable bonds is 8. The van der Waals surface area contributed by atoms with Gasteiger partial charge in [-0.3, -0.25) is 4.79 Å². The lowest BCUT2D eigenvalue weighted by molar-refractivity contribution is -0.119. The molecule has 0 radical (unpaired) electrons. The first-order valence-electron chi connectivity index (χ1n) is 8.50. The first-order chi connectivity index (χ1) is 12.9. The SMILES string of the molecule is CCN(CC)c1ccc(C=NNC(=O)CNc2c(Br)cc(Br)cc2Br)cc1. The molecule has 0 aliphatic rings. The second-order valence-corrected chi connectivity index (χ2v) is 8.28. The lowest BCUT2D eigenvalue weighted by atomic mass is 10.2. The standard InChI is InChI=1S/C19H21Br3N4O/c1-3-26(4-2)15-7-5-13(6-8-15)11-24-25-18(27)12-23-19-16(21)9-14(20)10-17(19)22/h5-11,23H,3-4,12H2,1-2H3,(H,25,27). The number of carbonyl (C=O) groups is 1. The summed E-state index contributed by atoms with van der Waals surface area (Å²) >= 11 is 10.4. The van der Waals surface area contributed by atoms with Crippen LogP contribution in [0.1, 0.15) is 19.4 Å². The number of nitrogens with one attached hydrogen (secondary N) is 2. The van der Waals surface area contributed by atoms with Crippen LogP contribution in [-0.2, 0) is 4.79 Å². The Labute approximate surface area is 185 Å². The molecule has 8 heteroatoms. The highest BCUT2D eigenvalue weighted by atomic mass is 79.9. The van der Waals surface area contributed by atoms with Gasteiger partial charge in [0.25, 0.3) is 5.91 Å². The Kier molecular flexibility index (Phi) is 8.79. The van der Waals surface area contributed by atoms with Gasteiger partial charge in [0, 0.05) is 32.2 Å². The summed E-state index contributed by atoms with van der Waals surface area (Å²) in [6, 6.07) is 11.9. The number of hydrogen-bond acceptors (Lipinski definition) is 4. The molecule has 2 aromatic rings. The summed E-state index contributed by atoms with van der Waals surface area (Å²) in [6.07, 6.45) is 1.63. The van der Waals surface area contributed by atoms with Crippen LogP contribution >= 0.6 is 47.8 Å². The van der Waals surface area contributed by atoms with Crippen LogP contribution in [0.5, 0.6) is 0 Å². The molecule has 5 nitrogen and oxygen atoms in total. The molecule has 2 rings (SSSR count). The van der Waals surface area contributed by atoms with Crippen LogP contribution in [0.2, 0.25) is 0 Å². The molecule has 0 unspecified atom stereocenters. The molecular weight excluding hydrogens is 540 g/mol. The van der Waals surface area contributed by atoms with Crippen molar-refractivity contribution in [3.63, 3.8) is 0 Å². The van der Waals surface area contributed by atoms with Crippen molar-refractivity contribution in [2.75, 3.05) is 29.9 Å². The molecule has 27 heavy (non-hydrogen) atoms. The molecule has 144 valence electrons. The normalized spacial score (nSPS) is 10.9. The van der Waals surface area contributed by atoms with Gasteiger partial charge in [-0.1, -0.05) is 28.1 Å². The maximum atomic E-state index is 12.0. The van der Waals surface area contributed by atoms with Gasteiger partial charge in [0.15, 0.2) is 0 Å². The molecule has 0 aromatic heterocycles. The van der Waals surface area contributed by atoms with E-state index in [2.05, 4.69) is 94.5 Å². The molecule has 0 aliphatic heterocycles. The van der Waals surface area contributed by atoms with Crippen molar-refractivity contribution in [2.45, 2.75) is 13.8 Å². The molecule has 2 N–H and O–H groups in total. The van der Waals surface area contributed by atoms with Crippen LogP contribution in [0, 0.1) is 0 Å². The fourth-order valence-corrected chi connectivity index (χ4v) is 5.00. The third-order valence-electron chi connectivity index (χ3n) is 3.86. The average molecular weight is 561 g/mol. The van der Waals surface area contributed by atoms with Gasteiger partial charge >= 0.3 is 0 Å². The van der Waals surface area contributed by atoms with Crippen LogP contribution < -0.4 is 15.6 Å². The van der Waals surface area contributed by atoms with Gasteiger partial charge in [-0.15, -0.1) is 0 Å². The topological polar surface area (TPSA) is 56.7 Å². The Morgan fingerprint density at radius 2 is 1.67 bits per heavy atom. The minimum Gasteiger partial charge on any atom is -0.374 e. The predicted octanol–water partition coefficient (Wildman–Crippen LogP) is 5.38. The zero-order chi connectivity index (χ0) is 19.8. The maximum absolute atomic E-state index is 12.0. The van der Waals surface area contributed by atoms with Crippen LogP contribution in [0.25, 0.3) is 0 Å². The first kappa shape index (κ1) is 21.9. The highest BCUT2D eigenvalue weighted by Crippen LogP contribution is 2.34. The average Bonchev–Trinajstić information content (AvgIpc) is 2.63. The smallest absolute Gasteiger partial charge is 0.259 e. The largest absolute Gasteiger partial charge is 0.374 e. The number of benzene rings is 2. The lowest BCUT2D eigenvalue weighted by Gasteiger charge is -2.20. The zero-order valence-electron chi connectivity index (χ0n) is 15.1. The molecule has 0 atom stereocenters. The molecule has 0 aliphatic carbocycles. The van der Waals surface area contributed by atoms with Gasteiger partial charge in [-0.2, -0.15) is 5.10 Å². The summed E-state index contributed by atoms with van der Waals surface area (Å²) in [5.41, 5.74) is 5.44. The molecule has 0 spiro atoms. The summed E-state index contributed by atoms with van der Waals surface area (Å²) in [5.74, 6) is -0.229. The highest BCUT2D eigenvalue weighted by molar-refractivity contribution is 9.11. The van der Waals surface area contributed by atoms with Crippen molar-refractivity contribution in [2.24, 2.45) is 5.10 Å². The number of hydrogen-bond donors (Lipinski definition) is 2. The third kappa shape index (κ3) is 6.62. The van der Waals surface area contributed by atoms with Gasteiger partial charge in [0.1, 0.15) is 0 Å². The first-order valence-corrected chi connectivity index (χ1v) is 10.9. The summed E-state index contributed by atoms with van der Waals surface area (Å²) in [6.45, 7) is 6.31. The Balaban J connectivity index is 1.86. The molecule has 0 heterocycles. The Morgan fingerprint density at radius 1 is 1.07 bits per heavy atom. The highest BCUT2D eigenvalue weighted by Gasteiger charge is 2.08. The van der Waals surface area contributed by atoms with E-state index in [1.807, 2.05) is 24.3 Å². The molecule has 2 aromatic carbocycles. The molecule has 0 fully saturated rings. The van der Waals surface area contributed by atoms with Gasteiger partial charge in [0.2, 0.25) is 0 Å². The quantitative estimate of drug-likeness (QED) is 0.336. The molecule has 0 bridgehead atoms. The number of carbonyl (C=O) groups excluding carboxylic acids is 1. The van der Waals surface area contributed by atoms with E-state index in [9.17, 15) is 4.79 Å². The zero-order valence-corrected chi connectivity index (χ0v) is 19.9. The number of amides is 1. The van der Waals surface area contributed by atoms with E-state index in [4.69, 9.17) is 0 Å². The van der Waals surface area contributed by atoms with E-state index in [1.165, 1.54) is 5.69 Å². The molecule has 0 saturated heterocycles. The van der Waals surface area contributed by atoms with E-state index in [1.54, 1.807) is 6.21 Å². The minimum absolute atomic E-state index is 0.108. The predicted molar refractivity (Wildman–Crippen MR) is 124 cm³/mol. The lowest BCUT2D eigenvalue weighted by Crippen LogP contribution is -2.26. The van der Waals surface area contributed by atoms with Crippen LogP contribution in [0.15, 0.2) is 54.9 Å². The second kappa shape index (κ2) is 10.8. The van der Waals surface area contributed by atoms with Crippen molar-refractivity contribution in [3.05, 3.63) is 55.4 Å². The number of halogens is 3. The monoisotopic (exact) mass is 558 g/mol. The molecule has 0 saturated carbocycles. The third-order valence-corrected chi connectivity index (χ3v) is 5.57. The molecule has 1 amide bonds. The van der Waals surface area contributed by atoms with Crippen LogP contribution in [-0.4, -0.2) is 31.8 Å². The minimum atomic E-state index is -0.229. The summed E-state index contributed by atoms with van der Waals surface area (Å²) in [7, 11) is 0. The van der Waals surface area contributed by atoms with E-state index in [0.29, 0.717) is 0 Å². The van der Waals surface area contributed by atoms with E-state index in [-0.39, 0.29) is 12.5 Å². The Hall–Kier alpha value is -1.38. The summed E-state index contributed by atoms with van der Waals surface area (Å²) < 4.78 is 2.65. The fourth-order valence-electron chi connectivity index (χ4n) is 2.46. The van der Waals surface area contributed by atoms with E-state index >= 15 is 0 Å². The van der Waals surface area contributed by atoms with Gasteiger partial charge in [-0.25, -0.2) is 5.43 Å². The number of nitrogens with zero attached hydrogens (tertiary/aromatic N) is 2.